The van der Waals surface area contributed by atoms with Crippen LogP contribution in [0.2, 0.25) is 0 Å². The van der Waals surface area contributed by atoms with Gasteiger partial charge in [0.15, 0.2) is 0 Å². The molecule has 20 heavy (non-hydrogen) atoms. The molecule has 5 heteroatoms. The van der Waals surface area contributed by atoms with Gasteiger partial charge in [0, 0.05) is 30.3 Å². The van der Waals surface area contributed by atoms with E-state index in [1.807, 2.05) is 19.1 Å². The van der Waals surface area contributed by atoms with E-state index >= 15 is 0 Å². The van der Waals surface area contributed by atoms with Gasteiger partial charge >= 0.3 is 0 Å². The lowest BCUT2D eigenvalue weighted by Gasteiger charge is -2.43. The second kappa shape index (κ2) is 6.33. The smallest absolute Gasteiger partial charge is 0.274 e. The average Bonchev–Trinajstić information content (AvgIpc) is 2.46. The van der Waals surface area contributed by atoms with Crippen molar-refractivity contribution in [1.29, 1.82) is 0 Å². The highest BCUT2D eigenvalue weighted by Crippen LogP contribution is 2.34. The zero-order chi connectivity index (χ0) is 14.7. The van der Waals surface area contributed by atoms with Crippen molar-refractivity contribution >= 4 is 5.69 Å². The Morgan fingerprint density at radius 1 is 1.50 bits per heavy atom. The van der Waals surface area contributed by atoms with Gasteiger partial charge in [-0.25, -0.2) is 0 Å². The minimum absolute atomic E-state index is 0.0212. The SMILES string of the molecule is CC1CCCN(C(C)c2ccccc2[N+](=O)[O-])C1CN. The maximum absolute atomic E-state index is 11.2. The summed E-state index contributed by atoms with van der Waals surface area (Å²) in [7, 11) is 0. The second-order valence-corrected chi connectivity index (χ2v) is 5.65. The van der Waals surface area contributed by atoms with Crippen molar-refractivity contribution in [2.45, 2.75) is 38.8 Å². The molecule has 1 fully saturated rings. The monoisotopic (exact) mass is 277 g/mol. The van der Waals surface area contributed by atoms with Crippen molar-refractivity contribution in [3.8, 4) is 0 Å². The van der Waals surface area contributed by atoms with Gasteiger partial charge in [0.2, 0.25) is 0 Å². The molecule has 110 valence electrons. The molecule has 0 spiro atoms. The Bertz CT molecular complexity index is 478. The van der Waals surface area contributed by atoms with E-state index in [2.05, 4.69) is 11.8 Å². The summed E-state index contributed by atoms with van der Waals surface area (Å²) in [5.41, 5.74) is 6.91. The zero-order valence-electron chi connectivity index (χ0n) is 12.2. The third-order valence-corrected chi connectivity index (χ3v) is 4.48. The van der Waals surface area contributed by atoms with Gasteiger partial charge in [-0.05, 0) is 32.2 Å². The lowest BCUT2D eigenvalue weighted by Crippen LogP contribution is -2.49. The molecular formula is C15H23N3O2. The number of nitro groups is 1. The molecule has 3 atom stereocenters. The van der Waals surface area contributed by atoms with Crippen LogP contribution in [0.4, 0.5) is 5.69 Å². The first-order valence-electron chi connectivity index (χ1n) is 7.25. The van der Waals surface area contributed by atoms with Crippen LogP contribution >= 0.6 is 0 Å². The molecule has 2 rings (SSSR count). The van der Waals surface area contributed by atoms with Crippen LogP contribution < -0.4 is 5.73 Å². The van der Waals surface area contributed by atoms with Crippen molar-refractivity contribution in [3.63, 3.8) is 0 Å². The van der Waals surface area contributed by atoms with E-state index in [1.54, 1.807) is 12.1 Å². The van der Waals surface area contributed by atoms with Gasteiger partial charge in [-0.1, -0.05) is 25.1 Å². The maximum atomic E-state index is 11.2. The summed E-state index contributed by atoms with van der Waals surface area (Å²) in [4.78, 5) is 13.2. The number of benzene rings is 1. The predicted octanol–water partition coefficient (Wildman–Crippen LogP) is 2.72. The van der Waals surface area contributed by atoms with E-state index < -0.39 is 0 Å². The van der Waals surface area contributed by atoms with Gasteiger partial charge in [0.1, 0.15) is 0 Å². The summed E-state index contributed by atoms with van der Waals surface area (Å²) >= 11 is 0. The standard InChI is InChI=1S/C15H23N3O2/c1-11-6-5-9-17(15(11)10-16)12(2)13-7-3-4-8-14(13)18(19)20/h3-4,7-8,11-12,15H,5-6,9-10,16H2,1-2H3. The molecule has 2 N–H and O–H groups in total. The highest BCUT2D eigenvalue weighted by atomic mass is 16.6. The third kappa shape index (κ3) is 2.83. The van der Waals surface area contributed by atoms with Crippen LogP contribution in [-0.2, 0) is 0 Å². The second-order valence-electron chi connectivity index (χ2n) is 5.65. The highest BCUT2D eigenvalue weighted by molar-refractivity contribution is 5.41. The topological polar surface area (TPSA) is 72.4 Å². The summed E-state index contributed by atoms with van der Waals surface area (Å²) in [6.07, 6.45) is 2.31. The highest BCUT2D eigenvalue weighted by Gasteiger charge is 2.33. The largest absolute Gasteiger partial charge is 0.329 e. The van der Waals surface area contributed by atoms with Crippen LogP contribution in [0.5, 0.6) is 0 Å². The summed E-state index contributed by atoms with van der Waals surface area (Å²) in [5, 5.41) is 11.2. The maximum Gasteiger partial charge on any atom is 0.274 e. The summed E-state index contributed by atoms with van der Waals surface area (Å²) in [5.74, 6) is 0.541. The number of hydrogen-bond donors (Lipinski definition) is 1. The molecule has 0 bridgehead atoms. The Balaban J connectivity index is 2.30. The van der Waals surface area contributed by atoms with Crippen LogP contribution in [0.25, 0.3) is 0 Å². The normalized spacial score (nSPS) is 25.4. The van der Waals surface area contributed by atoms with E-state index in [1.165, 1.54) is 6.42 Å². The Kier molecular flexibility index (Phi) is 4.73. The molecule has 0 aliphatic carbocycles. The van der Waals surface area contributed by atoms with Crippen molar-refractivity contribution in [2.24, 2.45) is 11.7 Å². The first-order valence-corrected chi connectivity index (χ1v) is 7.25. The molecule has 0 radical (unpaired) electrons. The Hall–Kier alpha value is -1.46. The van der Waals surface area contributed by atoms with E-state index in [0.29, 0.717) is 18.5 Å². The predicted molar refractivity (Wildman–Crippen MR) is 79.5 cm³/mol. The minimum Gasteiger partial charge on any atom is -0.329 e. The van der Waals surface area contributed by atoms with Gasteiger partial charge in [-0.2, -0.15) is 0 Å². The molecular weight excluding hydrogens is 254 g/mol. The first kappa shape index (κ1) is 14.9. The molecule has 1 saturated heterocycles. The van der Waals surface area contributed by atoms with Crippen molar-refractivity contribution in [1.82, 2.24) is 4.90 Å². The number of nitrogens with two attached hydrogens (primary N) is 1. The van der Waals surface area contributed by atoms with Crippen LogP contribution in [0, 0.1) is 16.0 Å². The molecule has 3 unspecified atom stereocenters. The Morgan fingerprint density at radius 2 is 2.20 bits per heavy atom. The fourth-order valence-corrected chi connectivity index (χ4v) is 3.32. The lowest BCUT2D eigenvalue weighted by atomic mass is 9.88. The van der Waals surface area contributed by atoms with Crippen molar-refractivity contribution < 1.29 is 4.92 Å². The van der Waals surface area contributed by atoms with Crippen LogP contribution in [-0.4, -0.2) is 29.0 Å². The van der Waals surface area contributed by atoms with Crippen LogP contribution in [0.3, 0.4) is 0 Å². The van der Waals surface area contributed by atoms with Gasteiger partial charge in [-0.15, -0.1) is 0 Å². The van der Waals surface area contributed by atoms with Gasteiger partial charge in [0.05, 0.1) is 4.92 Å². The quantitative estimate of drug-likeness (QED) is 0.678. The summed E-state index contributed by atoms with van der Waals surface area (Å²) in [6, 6.07) is 7.34. The van der Waals surface area contributed by atoms with Crippen LogP contribution in [0.1, 0.15) is 38.3 Å². The van der Waals surface area contributed by atoms with Gasteiger partial charge in [0.25, 0.3) is 5.69 Å². The molecule has 1 heterocycles. The van der Waals surface area contributed by atoms with E-state index in [0.717, 1.165) is 18.5 Å². The van der Waals surface area contributed by atoms with Crippen LogP contribution in [0.15, 0.2) is 24.3 Å². The van der Waals surface area contributed by atoms with E-state index in [4.69, 9.17) is 5.73 Å². The molecule has 0 saturated carbocycles. The van der Waals surface area contributed by atoms with Gasteiger partial charge < -0.3 is 5.73 Å². The molecule has 1 aliphatic rings. The number of nitrogens with zero attached hydrogens (tertiary/aromatic N) is 2. The number of para-hydroxylation sites is 1. The first-order chi connectivity index (χ1) is 9.56. The molecule has 0 amide bonds. The molecule has 1 aromatic carbocycles. The van der Waals surface area contributed by atoms with Crippen molar-refractivity contribution in [2.75, 3.05) is 13.1 Å². The molecule has 5 nitrogen and oxygen atoms in total. The van der Waals surface area contributed by atoms with E-state index in [9.17, 15) is 10.1 Å². The fourth-order valence-electron chi connectivity index (χ4n) is 3.32. The van der Waals surface area contributed by atoms with E-state index in [-0.39, 0.29) is 16.7 Å². The molecule has 1 aliphatic heterocycles. The number of rotatable bonds is 4. The Labute approximate surface area is 119 Å². The third-order valence-electron chi connectivity index (χ3n) is 4.48. The number of nitro benzene ring substituents is 1. The minimum atomic E-state index is -0.295. The van der Waals surface area contributed by atoms with Gasteiger partial charge in [-0.3, -0.25) is 15.0 Å². The number of likely N-dealkylation sites (tertiary alicyclic amines) is 1. The molecule has 1 aromatic rings. The zero-order valence-corrected chi connectivity index (χ0v) is 12.2. The molecule has 0 aromatic heterocycles. The average molecular weight is 277 g/mol. The number of piperidine rings is 1. The van der Waals surface area contributed by atoms with Crippen molar-refractivity contribution in [3.05, 3.63) is 39.9 Å². The number of hydrogen-bond acceptors (Lipinski definition) is 4. The Morgan fingerprint density at radius 3 is 2.85 bits per heavy atom. The lowest BCUT2D eigenvalue weighted by molar-refractivity contribution is -0.386. The summed E-state index contributed by atoms with van der Waals surface area (Å²) in [6.45, 7) is 5.82. The fraction of sp³-hybridized carbons (Fsp3) is 0.600. The summed E-state index contributed by atoms with van der Waals surface area (Å²) < 4.78 is 0.